The van der Waals surface area contributed by atoms with Crippen LogP contribution in [0.15, 0.2) is 18.2 Å². The molecule has 0 aliphatic heterocycles. The molecule has 0 amide bonds. The monoisotopic (exact) mass is 311 g/mol. The lowest BCUT2D eigenvalue weighted by Gasteiger charge is -2.13. The van der Waals surface area contributed by atoms with Gasteiger partial charge in [-0.3, -0.25) is 0 Å². The van der Waals surface area contributed by atoms with Crippen LogP contribution in [0.5, 0.6) is 0 Å². The van der Waals surface area contributed by atoms with Crippen molar-refractivity contribution in [2.75, 3.05) is 12.0 Å². The van der Waals surface area contributed by atoms with E-state index >= 15 is 0 Å². The van der Waals surface area contributed by atoms with Crippen molar-refractivity contribution >= 4 is 20.9 Å². The Bertz CT molecular complexity index is 781. The highest BCUT2D eigenvalue weighted by atomic mass is 32.2. The number of imidazole rings is 1. The number of fused-ring (bicyclic) bond motifs is 1. The van der Waals surface area contributed by atoms with Crippen LogP contribution in [0.1, 0.15) is 37.2 Å². The Hall–Kier alpha value is -1.47. The Morgan fingerprint density at radius 3 is 2.81 bits per heavy atom. The first kappa shape index (κ1) is 14.5. The maximum atomic E-state index is 13.3. The summed E-state index contributed by atoms with van der Waals surface area (Å²) in [5.41, 5.74) is 7.57. The molecule has 7 heteroatoms. The number of hydrogen-bond acceptors (Lipinski definition) is 4. The van der Waals surface area contributed by atoms with Gasteiger partial charge in [0, 0.05) is 18.4 Å². The zero-order chi connectivity index (χ0) is 15.2. The number of benzene rings is 1. The molecular weight excluding hydrogens is 293 g/mol. The lowest BCUT2D eigenvalue weighted by molar-refractivity contribution is 0.570. The zero-order valence-electron chi connectivity index (χ0n) is 11.8. The highest BCUT2D eigenvalue weighted by molar-refractivity contribution is 7.90. The molecule has 114 valence electrons. The summed E-state index contributed by atoms with van der Waals surface area (Å²) in [6.07, 6.45) is 3.61. The smallest absolute Gasteiger partial charge is 0.147 e. The summed E-state index contributed by atoms with van der Waals surface area (Å²) in [4.78, 5) is 4.44. The fraction of sp³-hybridized carbons (Fsp3) is 0.500. The molecule has 5 nitrogen and oxygen atoms in total. The number of rotatable bonds is 5. The molecule has 0 radical (unpaired) electrons. The van der Waals surface area contributed by atoms with Gasteiger partial charge in [0.2, 0.25) is 0 Å². The third-order valence-corrected chi connectivity index (χ3v) is 4.70. The van der Waals surface area contributed by atoms with E-state index in [0.29, 0.717) is 23.8 Å². The molecule has 21 heavy (non-hydrogen) atoms. The van der Waals surface area contributed by atoms with Gasteiger partial charge < -0.3 is 10.3 Å². The van der Waals surface area contributed by atoms with E-state index in [0.717, 1.165) is 18.4 Å². The van der Waals surface area contributed by atoms with Crippen molar-refractivity contribution in [1.82, 2.24) is 9.55 Å². The second-order valence-corrected chi connectivity index (χ2v) is 7.99. The van der Waals surface area contributed by atoms with Crippen molar-refractivity contribution in [2.24, 2.45) is 5.73 Å². The number of aromatic nitrogens is 2. The second kappa shape index (κ2) is 5.06. The Kier molecular flexibility index (Phi) is 3.49. The van der Waals surface area contributed by atoms with E-state index in [1.54, 1.807) is 6.07 Å². The van der Waals surface area contributed by atoms with E-state index < -0.39 is 15.9 Å². The Morgan fingerprint density at radius 2 is 2.19 bits per heavy atom. The maximum Gasteiger partial charge on any atom is 0.147 e. The van der Waals surface area contributed by atoms with Crippen molar-refractivity contribution in [1.29, 1.82) is 0 Å². The predicted molar refractivity (Wildman–Crippen MR) is 79.2 cm³/mol. The summed E-state index contributed by atoms with van der Waals surface area (Å²) in [6, 6.07) is 4.40. The van der Waals surface area contributed by atoms with E-state index in [9.17, 15) is 12.8 Å². The van der Waals surface area contributed by atoms with Gasteiger partial charge in [0.05, 0.1) is 22.8 Å². The summed E-state index contributed by atoms with van der Waals surface area (Å²) in [5.74, 6) is 0.345. The minimum absolute atomic E-state index is 0.0242. The molecule has 1 aromatic heterocycles. The van der Waals surface area contributed by atoms with E-state index in [2.05, 4.69) is 4.98 Å². The molecule has 0 bridgehead atoms. The van der Waals surface area contributed by atoms with E-state index in [1.807, 2.05) is 4.57 Å². The fourth-order valence-electron chi connectivity index (χ4n) is 2.54. The van der Waals surface area contributed by atoms with Crippen LogP contribution in [0.2, 0.25) is 0 Å². The van der Waals surface area contributed by atoms with Crippen LogP contribution in [0.25, 0.3) is 11.0 Å². The van der Waals surface area contributed by atoms with Gasteiger partial charge in [0.15, 0.2) is 0 Å². The summed E-state index contributed by atoms with van der Waals surface area (Å²) >= 11 is 0. The first-order valence-corrected chi connectivity index (χ1v) is 9.02. The molecule has 3 rings (SSSR count). The molecule has 1 unspecified atom stereocenters. The lowest BCUT2D eigenvalue weighted by atomic mass is 10.2. The van der Waals surface area contributed by atoms with Crippen LogP contribution in [-0.2, 0) is 9.84 Å². The van der Waals surface area contributed by atoms with E-state index in [-0.39, 0.29) is 11.6 Å². The highest BCUT2D eigenvalue weighted by Gasteiger charge is 2.30. The lowest BCUT2D eigenvalue weighted by Crippen LogP contribution is -2.19. The Balaban J connectivity index is 1.98. The number of nitrogens with two attached hydrogens (primary N) is 1. The molecule has 1 fully saturated rings. The molecule has 0 saturated heterocycles. The van der Waals surface area contributed by atoms with Crippen LogP contribution < -0.4 is 5.73 Å². The first-order chi connectivity index (χ1) is 9.85. The third-order valence-electron chi connectivity index (χ3n) is 3.72. The van der Waals surface area contributed by atoms with Crippen LogP contribution in [0.3, 0.4) is 0 Å². The van der Waals surface area contributed by atoms with Gasteiger partial charge in [0.25, 0.3) is 0 Å². The summed E-state index contributed by atoms with van der Waals surface area (Å²) < 4.78 is 37.9. The SMILES string of the molecule is CS(=O)(=O)CCC(N)c1nc2cc(F)ccc2n1C1CC1. The van der Waals surface area contributed by atoms with Gasteiger partial charge in [-0.25, -0.2) is 17.8 Å². The molecule has 1 aromatic carbocycles. The van der Waals surface area contributed by atoms with Gasteiger partial charge in [-0.05, 0) is 31.4 Å². The van der Waals surface area contributed by atoms with Crippen LogP contribution >= 0.6 is 0 Å². The molecule has 2 N–H and O–H groups in total. The normalized spacial score (nSPS) is 17.3. The highest BCUT2D eigenvalue weighted by Crippen LogP contribution is 2.40. The first-order valence-electron chi connectivity index (χ1n) is 6.96. The standard InChI is InChI=1S/C14H18FN3O2S/c1-21(19,20)7-6-11(16)14-17-12-8-9(15)2-5-13(12)18(14)10-3-4-10/h2,5,8,10-11H,3-4,6-7,16H2,1H3. The third kappa shape index (κ3) is 3.08. The minimum atomic E-state index is -3.06. The van der Waals surface area contributed by atoms with Crippen molar-refractivity contribution in [3.8, 4) is 0 Å². The average molecular weight is 311 g/mol. The number of hydrogen-bond donors (Lipinski definition) is 1. The van der Waals surface area contributed by atoms with Crippen LogP contribution in [-0.4, -0.2) is 30.0 Å². The fourth-order valence-corrected chi connectivity index (χ4v) is 3.22. The van der Waals surface area contributed by atoms with Gasteiger partial charge in [-0.1, -0.05) is 0 Å². The zero-order valence-corrected chi connectivity index (χ0v) is 12.6. The number of sulfone groups is 1. The van der Waals surface area contributed by atoms with Gasteiger partial charge >= 0.3 is 0 Å². The molecule has 1 heterocycles. The summed E-state index contributed by atoms with van der Waals surface area (Å²) in [7, 11) is -3.06. The Morgan fingerprint density at radius 1 is 1.48 bits per heavy atom. The largest absolute Gasteiger partial charge is 0.324 e. The molecule has 1 saturated carbocycles. The number of nitrogens with zero attached hydrogens (tertiary/aromatic N) is 2. The minimum Gasteiger partial charge on any atom is -0.324 e. The summed E-state index contributed by atoms with van der Waals surface area (Å²) in [6.45, 7) is 0. The molecule has 2 aromatic rings. The van der Waals surface area contributed by atoms with Crippen molar-refractivity contribution < 1.29 is 12.8 Å². The second-order valence-electron chi connectivity index (χ2n) is 5.73. The molecule has 1 aliphatic carbocycles. The average Bonchev–Trinajstić information content (AvgIpc) is 3.16. The number of halogens is 1. The predicted octanol–water partition coefficient (Wildman–Crippen LogP) is 1.94. The van der Waals surface area contributed by atoms with E-state index in [1.165, 1.54) is 18.4 Å². The van der Waals surface area contributed by atoms with Crippen molar-refractivity contribution in [3.05, 3.63) is 29.8 Å². The van der Waals surface area contributed by atoms with E-state index in [4.69, 9.17) is 5.73 Å². The maximum absolute atomic E-state index is 13.3. The topological polar surface area (TPSA) is 78.0 Å². The quantitative estimate of drug-likeness (QED) is 0.915. The van der Waals surface area contributed by atoms with Crippen LogP contribution in [0.4, 0.5) is 4.39 Å². The van der Waals surface area contributed by atoms with Crippen LogP contribution in [0, 0.1) is 5.82 Å². The molecular formula is C14H18FN3O2S. The van der Waals surface area contributed by atoms with Crippen molar-refractivity contribution in [3.63, 3.8) is 0 Å². The van der Waals surface area contributed by atoms with Gasteiger partial charge in [0.1, 0.15) is 21.5 Å². The molecule has 1 aliphatic rings. The van der Waals surface area contributed by atoms with Gasteiger partial charge in [-0.2, -0.15) is 0 Å². The van der Waals surface area contributed by atoms with Crippen molar-refractivity contribution in [2.45, 2.75) is 31.3 Å². The summed E-state index contributed by atoms with van der Waals surface area (Å²) in [5, 5.41) is 0. The van der Waals surface area contributed by atoms with Gasteiger partial charge in [-0.15, -0.1) is 0 Å². The molecule has 0 spiro atoms. The Labute approximate surface area is 122 Å². The molecule has 1 atom stereocenters.